The molecule has 4 rings (SSSR count). The Hall–Kier alpha value is -3.39. The van der Waals surface area contributed by atoms with E-state index in [9.17, 15) is 19.5 Å². The van der Waals surface area contributed by atoms with Crippen molar-refractivity contribution in [3.63, 3.8) is 0 Å². The van der Waals surface area contributed by atoms with Gasteiger partial charge in [-0.25, -0.2) is 9.59 Å². The van der Waals surface area contributed by atoms with Crippen molar-refractivity contribution in [3.05, 3.63) is 59.7 Å². The number of aliphatic carboxylic acids is 1. The van der Waals surface area contributed by atoms with Gasteiger partial charge in [0.2, 0.25) is 5.91 Å². The molecule has 3 N–H and O–H groups in total. The molecule has 2 amide bonds. The van der Waals surface area contributed by atoms with Gasteiger partial charge in [-0.3, -0.25) is 4.79 Å². The Morgan fingerprint density at radius 3 is 2.30 bits per heavy atom. The first-order valence-corrected chi connectivity index (χ1v) is 11.2. The highest BCUT2D eigenvalue weighted by Gasteiger charge is 2.37. The van der Waals surface area contributed by atoms with Crippen LogP contribution in [0.25, 0.3) is 11.1 Å². The molecule has 33 heavy (non-hydrogen) atoms. The Kier molecular flexibility index (Phi) is 6.93. The first kappa shape index (κ1) is 22.8. The van der Waals surface area contributed by atoms with E-state index in [4.69, 9.17) is 9.47 Å². The molecule has 2 aromatic carbocycles. The first-order valence-electron chi connectivity index (χ1n) is 11.2. The zero-order valence-corrected chi connectivity index (χ0v) is 18.5. The number of alkyl carbamates (subject to hydrolysis) is 1. The SMILES string of the molecule is CCCC(NC(=O)C1COCC1NC(=O)OCC1c2ccccc2-c2ccccc21)C(=O)O. The number of nitrogens with one attached hydrogen (secondary N) is 2. The lowest BCUT2D eigenvalue weighted by Crippen LogP contribution is -2.50. The fourth-order valence-electron chi connectivity index (χ4n) is 4.57. The largest absolute Gasteiger partial charge is 0.480 e. The second kappa shape index (κ2) is 10.0. The molecule has 0 bridgehead atoms. The molecule has 0 saturated carbocycles. The quantitative estimate of drug-likeness (QED) is 0.568. The summed E-state index contributed by atoms with van der Waals surface area (Å²) in [5.41, 5.74) is 4.51. The molecule has 2 aliphatic rings. The van der Waals surface area contributed by atoms with Crippen LogP contribution in [0.1, 0.15) is 36.8 Å². The lowest BCUT2D eigenvalue weighted by atomic mass is 9.98. The zero-order valence-electron chi connectivity index (χ0n) is 18.5. The third kappa shape index (κ3) is 4.85. The molecule has 3 atom stereocenters. The summed E-state index contributed by atoms with van der Waals surface area (Å²) < 4.78 is 10.9. The van der Waals surface area contributed by atoms with Crippen molar-refractivity contribution < 1.29 is 29.0 Å². The summed E-state index contributed by atoms with van der Waals surface area (Å²) in [6, 6.07) is 14.6. The van der Waals surface area contributed by atoms with Gasteiger partial charge in [-0.05, 0) is 28.7 Å². The molecule has 8 heteroatoms. The number of carboxylic acids is 1. The van der Waals surface area contributed by atoms with Gasteiger partial charge >= 0.3 is 12.1 Å². The van der Waals surface area contributed by atoms with Gasteiger partial charge in [-0.1, -0.05) is 61.9 Å². The molecule has 1 saturated heterocycles. The molecule has 1 aliphatic heterocycles. The Morgan fingerprint density at radius 1 is 1.06 bits per heavy atom. The third-order valence-corrected chi connectivity index (χ3v) is 6.26. The molecule has 0 aromatic heterocycles. The van der Waals surface area contributed by atoms with Gasteiger partial charge in [-0.15, -0.1) is 0 Å². The van der Waals surface area contributed by atoms with Gasteiger partial charge in [-0.2, -0.15) is 0 Å². The van der Waals surface area contributed by atoms with Crippen LogP contribution in [0.5, 0.6) is 0 Å². The summed E-state index contributed by atoms with van der Waals surface area (Å²) in [4.78, 5) is 36.5. The lowest BCUT2D eigenvalue weighted by molar-refractivity contribution is -0.142. The Morgan fingerprint density at radius 2 is 1.70 bits per heavy atom. The molecule has 1 heterocycles. The van der Waals surface area contributed by atoms with Crippen LogP contribution in [-0.2, 0) is 19.1 Å². The van der Waals surface area contributed by atoms with E-state index in [1.807, 2.05) is 43.3 Å². The van der Waals surface area contributed by atoms with Gasteiger partial charge in [0.15, 0.2) is 0 Å². The molecule has 1 aliphatic carbocycles. The molecular formula is C25H28N2O6. The highest BCUT2D eigenvalue weighted by atomic mass is 16.5. The van der Waals surface area contributed by atoms with Crippen LogP contribution in [-0.4, -0.2) is 55.0 Å². The molecule has 174 valence electrons. The smallest absolute Gasteiger partial charge is 0.407 e. The van der Waals surface area contributed by atoms with E-state index in [0.29, 0.717) is 12.8 Å². The third-order valence-electron chi connectivity index (χ3n) is 6.26. The van der Waals surface area contributed by atoms with Crippen molar-refractivity contribution in [2.45, 2.75) is 37.8 Å². The first-order chi connectivity index (χ1) is 16.0. The van der Waals surface area contributed by atoms with Crippen LogP contribution < -0.4 is 10.6 Å². The maximum absolute atomic E-state index is 12.6. The number of amides is 2. The average molecular weight is 453 g/mol. The predicted molar refractivity (Wildman–Crippen MR) is 121 cm³/mol. The van der Waals surface area contributed by atoms with Gasteiger partial charge in [0.25, 0.3) is 0 Å². The van der Waals surface area contributed by atoms with Crippen LogP contribution in [0, 0.1) is 5.92 Å². The number of carbonyl (C=O) groups excluding carboxylic acids is 2. The molecule has 0 radical (unpaired) electrons. The summed E-state index contributed by atoms with van der Waals surface area (Å²) in [6.45, 7) is 2.29. The minimum Gasteiger partial charge on any atom is -0.480 e. The number of carboxylic acid groups (broad SMARTS) is 1. The predicted octanol–water partition coefficient (Wildman–Crippen LogP) is 2.91. The number of rotatable bonds is 8. The maximum Gasteiger partial charge on any atom is 0.407 e. The zero-order chi connectivity index (χ0) is 23.4. The van der Waals surface area contributed by atoms with E-state index in [2.05, 4.69) is 22.8 Å². The van der Waals surface area contributed by atoms with Gasteiger partial charge in [0, 0.05) is 5.92 Å². The molecular weight excluding hydrogens is 424 g/mol. The number of carbonyl (C=O) groups is 3. The van der Waals surface area contributed by atoms with Crippen LogP contribution in [0.4, 0.5) is 4.79 Å². The Labute approximate surface area is 192 Å². The molecule has 2 aromatic rings. The fraction of sp³-hybridized carbons (Fsp3) is 0.400. The van der Waals surface area contributed by atoms with E-state index in [-0.39, 0.29) is 25.7 Å². The number of hydrogen-bond donors (Lipinski definition) is 3. The van der Waals surface area contributed by atoms with Crippen molar-refractivity contribution in [2.75, 3.05) is 19.8 Å². The van der Waals surface area contributed by atoms with Crippen molar-refractivity contribution in [1.29, 1.82) is 0 Å². The summed E-state index contributed by atoms with van der Waals surface area (Å²) in [5, 5.41) is 14.6. The van der Waals surface area contributed by atoms with E-state index in [1.165, 1.54) is 0 Å². The second-order valence-corrected chi connectivity index (χ2v) is 8.41. The van der Waals surface area contributed by atoms with Crippen molar-refractivity contribution in [2.24, 2.45) is 5.92 Å². The number of ether oxygens (including phenoxy) is 2. The van der Waals surface area contributed by atoms with Crippen LogP contribution in [0.15, 0.2) is 48.5 Å². The minimum absolute atomic E-state index is 0.0626. The van der Waals surface area contributed by atoms with E-state index >= 15 is 0 Å². The molecule has 3 unspecified atom stereocenters. The maximum atomic E-state index is 12.6. The van der Waals surface area contributed by atoms with Crippen LogP contribution in [0.2, 0.25) is 0 Å². The van der Waals surface area contributed by atoms with Crippen molar-refractivity contribution in [1.82, 2.24) is 10.6 Å². The molecule has 1 fully saturated rings. The van der Waals surface area contributed by atoms with Crippen LogP contribution in [0.3, 0.4) is 0 Å². The monoisotopic (exact) mass is 452 g/mol. The van der Waals surface area contributed by atoms with Crippen molar-refractivity contribution >= 4 is 18.0 Å². The highest BCUT2D eigenvalue weighted by Crippen LogP contribution is 2.44. The Bertz CT molecular complexity index is 994. The van der Waals surface area contributed by atoms with Crippen LogP contribution >= 0.6 is 0 Å². The second-order valence-electron chi connectivity index (χ2n) is 8.41. The standard InChI is InChI=1S/C25H28N2O6/c1-2-7-21(24(29)30)26-23(28)20-12-32-14-22(20)27-25(31)33-13-19-17-10-5-3-8-15(17)16-9-4-6-11-18(16)19/h3-6,8-11,19-22H,2,7,12-14H2,1H3,(H,26,28)(H,27,31)(H,29,30). The number of hydrogen-bond acceptors (Lipinski definition) is 5. The van der Waals surface area contributed by atoms with Gasteiger partial charge < -0.3 is 25.2 Å². The van der Waals surface area contributed by atoms with Gasteiger partial charge in [0.05, 0.1) is 25.2 Å². The summed E-state index contributed by atoms with van der Waals surface area (Å²) in [7, 11) is 0. The summed E-state index contributed by atoms with van der Waals surface area (Å²) >= 11 is 0. The number of benzene rings is 2. The lowest BCUT2D eigenvalue weighted by Gasteiger charge is -2.21. The number of fused-ring (bicyclic) bond motifs is 3. The highest BCUT2D eigenvalue weighted by molar-refractivity contribution is 5.86. The van der Waals surface area contributed by atoms with Crippen molar-refractivity contribution in [3.8, 4) is 11.1 Å². The van der Waals surface area contributed by atoms with Gasteiger partial charge in [0.1, 0.15) is 12.6 Å². The average Bonchev–Trinajstić information content (AvgIpc) is 3.40. The molecule has 8 nitrogen and oxygen atoms in total. The summed E-state index contributed by atoms with van der Waals surface area (Å²) in [6.07, 6.45) is 0.326. The summed E-state index contributed by atoms with van der Waals surface area (Å²) in [5.74, 6) is -2.26. The molecule has 0 spiro atoms. The minimum atomic E-state index is -1.08. The topological polar surface area (TPSA) is 114 Å². The van der Waals surface area contributed by atoms with E-state index < -0.39 is 36.0 Å². The normalized spacial score (nSPS) is 19.9. The van der Waals surface area contributed by atoms with E-state index in [1.54, 1.807) is 0 Å². The van der Waals surface area contributed by atoms with E-state index in [0.717, 1.165) is 22.3 Å². The fourth-order valence-corrected chi connectivity index (χ4v) is 4.57. The Balaban J connectivity index is 1.36.